The average molecular weight is 363 g/mol. The molecule has 2 aromatic rings. The van der Waals surface area contributed by atoms with E-state index in [2.05, 4.69) is 41.0 Å². The van der Waals surface area contributed by atoms with Crippen molar-refractivity contribution in [1.29, 1.82) is 0 Å². The fourth-order valence-electron chi connectivity index (χ4n) is 3.69. The van der Waals surface area contributed by atoms with Gasteiger partial charge in [-0.25, -0.2) is 4.79 Å². The quantitative estimate of drug-likeness (QED) is 0.803. The zero-order valence-electron chi connectivity index (χ0n) is 15.4. The molecule has 2 N–H and O–H groups in total. The third kappa shape index (κ3) is 4.13. The smallest absolute Gasteiger partial charge is 0.317 e. The van der Waals surface area contributed by atoms with E-state index in [4.69, 9.17) is 0 Å². The first-order chi connectivity index (χ1) is 13.2. The van der Waals surface area contributed by atoms with E-state index >= 15 is 0 Å². The predicted molar refractivity (Wildman–Crippen MR) is 104 cm³/mol. The van der Waals surface area contributed by atoms with Crippen molar-refractivity contribution in [3.63, 3.8) is 0 Å². The molecule has 27 heavy (non-hydrogen) atoms. The number of carbonyl (C=O) groups excluding carboxylic acids is 2. The molecule has 1 aliphatic heterocycles. The molecule has 1 saturated carbocycles. The number of amides is 3. The van der Waals surface area contributed by atoms with Crippen LogP contribution in [0.15, 0.2) is 54.6 Å². The van der Waals surface area contributed by atoms with Gasteiger partial charge in [-0.2, -0.15) is 0 Å². The summed E-state index contributed by atoms with van der Waals surface area (Å²) >= 11 is 0. The van der Waals surface area contributed by atoms with E-state index in [-0.39, 0.29) is 23.8 Å². The molecule has 5 nitrogen and oxygen atoms in total. The van der Waals surface area contributed by atoms with Crippen molar-refractivity contribution in [1.82, 2.24) is 15.5 Å². The number of benzene rings is 2. The highest BCUT2D eigenvalue weighted by atomic mass is 16.2. The van der Waals surface area contributed by atoms with Crippen molar-refractivity contribution < 1.29 is 9.59 Å². The van der Waals surface area contributed by atoms with E-state index in [0.717, 1.165) is 12.8 Å². The van der Waals surface area contributed by atoms with Gasteiger partial charge in [0.25, 0.3) is 0 Å². The number of hydrogen-bond acceptors (Lipinski definition) is 2. The van der Waals surface area contributed by atoms with Gasteiger partial charge < -0.3 is 15.5 Å². The lowest BCUT2D eigenvalue weighted by molar-refractivity contribution is -0.122. The average Bonchev–Trinajstić information content (AvgIpc) is 3.56. The van der Waals surface area contributed by atoms with Crippen molar-refractivity contribution in [3.05, 3.63) is 71.3 Å². The lowest BCUT2D eigenvalue weighted by atomic mass is 9.85. The molecule has 4 rings (SSSR count). The van der Waals surface area contributed by atoms with Crippen LogP contribution < -0.4 is 10.6 Å². The van der Waals surface area contributed by atoms with Gasteiger partial charge in [0, 0.05) is 38.0 Å². The van der Waals surface area contributed by atoms with Gasteiger partial charge in [-0.15, -0.1) is 0 Å². The molecule has 5 heteroatoms. The van der Waals surface area contributed by atoms with Crippen LogP contribution in [-0.2, 0) is 11.3 Å². The van der Waals surface area contributed by atoms with E-state index in [1.165, 1.54) is 16.7 Å². The minimum absolute atomic E-state index is 0.0777. The Morgan fingerprint density at radius 1 is 0.926 bits per heavy atom. The van der Waals surface area contributed by atoms with Crippen molar-refractivity contribution >= 4 is 11.9 Å². The molecule has 0 aromatic heterocycles. The summed E-state index contributed by atoms with van der Waals surface area (Å²) in [5.41, 5.74) is 3.71. The molecule has 3 amide bonds. The minimum Gasteiger partial charge on any atom is -0.354 e. The van der Waals surface area contributed by atoms with Gasteiger partial charge in [-0.05, 0) is 29.5 Å². The second-order valence-electron chi connectivity index (χ2n) is 7.34. The summed E-state index contributed by atoms with van der Waals surface area (Å²) in [5.74, 6) is 0.489. The summed E-state index contributed by atoms with van der Waals surface area (Å²) in [4.78, 5) is 26.2. The van der Waals surface area contributed by atoms with Crippen LogP contribution in [0.4, 0.5) is 4.79 Å². The number of nitrogens with zero attached hydrogens (tertiary/aromatic N) is 1. The summed E-state index contributed by atoms with van der Waals surface area (Å²) in [6, 6.07) is 18.6. The molecule has 0 spiro atoms. The Bertz CT molecular complexity index is 817. The van der Waals surface area contributed by atoms with E-state index in [1.54, 1.807) is 0 Å². The van der Waals surface area contributed by atoms with Gasteiger partial charge in [0.05, 0.1) is 0 Å². The number of carbonyl (C=O) groups is 2. The summed E-state index contributed by atoms with van der Waals surface area (Å²) < 4.78 is 0. The van der Waals surface area contributed by atoms with Crippen LogP contribution >= 0.6 is 0 Å². The minimum atomic E-state index is -0.0777. The van der Waals surface area contributed by atoms with E-state index in [0.29, 0.717) is 26.2 Å². The van der Waals surface area contributed by atoms with Crippen LogP contribution in [0.3, 0.4) is 0 Å². The van der Waals surface area contributed by atoms with Crippen molar-refractivity contribution in [3.8, 4) is 0 Å². The van der Waals surface area contributed by atoms with Gasteiger partial charge in [-0.3, -0.25) is 4.79 Å². The van der Waals surface area contributed by atoms with Crippen LogP contribution in [0.1, 0.15) is 35.4 Å². The molecule has 1 fully saturated rings. The monoisotopic (exact) mass is 363 g/mol. The van der Waals surface area contributed by atoms with Crippen LogP contribution in [0.5, 0.6) is 0 Å². The van der Waals surface area contributed by atoms with Crippen LogP contribution in [0.2, 0.25) is 0 Å². The molecule has 0 radical (unpaired) electrons. The highest BCUT2D eigenvalue weighted by Gasteiger charge is 2.30. The first-order valence-corrected chi connectivity index (χ1v) is 9.65. The maximum Gasteiger partial charge on any atom is 0.317 e. The molecular formula is C22H25N3O2. The summed E-state index contributed by atoms with van der Waals surface area (Å²) in [5, 5.41) is 5.82. The fourth-order valence-corrected chi connectivity index (χ4v) is 3.69. The third-order valence-electron chi connectivity index (χ3n) is 5.33. The normalized spacial score (nSPS) is 18.5. The Morgan fingerprint density at radius 2 is 1.63 bits per heavy atom. The maximum atomic E-state index is 12.7. The Morgan fingerprint density at radius 3 is 2.41 bits per heavy atom. The van der Waals surface area contributed by atoms with E-state index < -0.39 is 0 Å². The highest BCUT2D eigenvalue weighted by Crippen LogP contribution is 2.33. The van der Waals surface area contributed by atoms with Crippen LogP contribution in [-0.4, -0.2) is 36.5 Å². The van der Waals surface area contributed by atoms with E-state index in [1.807, 2.05) is 29.2 Å². The number of urea groups is 1. The molecular weight excluding hydrogens is 338 g/mol. The second-order valence-corrected chi connectivity index (χ2v) is 7.34. The zero-order chi connectivity index (χ0) is 18.6. The molecule has 0 unspecified atom stereocenters. The van der Waals surface area contributed by atoms with Gasteiger partial charge >= 0.3 is 6.03 Å². The Labute approximate surface area is 159 Å². The van der Waals surface area contributed by atoms with Crippen molar-refractivity contribution in [2.24, 2.45) is 5.92 Å². The number of nitrogens with one attached hydrogen (secondary N) is 2. The zero-order valence-corrected chi connectivity index (χ0v) is 15.4. The predicted octanol–water partition coefficient (Wildman–Crippen LogP) is 2.87. The number of fused-ring (bicyclic) bond motifs is 1. The molecule has 140 valence electrons. The third-order valence-corrected chi connectivity index (χ3v) is 5.33. The molecule has 0 saturated heterocycles. The number of hydrogen-bond donors (Lipinski definition) is 2. The molecule has 2 aromatic carbocycles. The summed E-state index contributed by atoms with van der Waals surface area (Å²) in [6.45, 7) is 2.19. The molecule has 2 aliphatic rings. The molecule has 1 aliphatic carbocycles. The Hall–Kier alpha value is -2.82. The summed E-state index contributed by atoms with van der Waals surface area (Å²) in [6.07, 6.45) is 1.98. The lowest BCUT2D eigenvalue weighted by Gasteiger charge is -2.35. The topological polar surface area (TPSA) is 61.4 Å². The molecule has 0 bridgehead atoms. The maximum absolute atomic E-state index is 12.7. The number of rotatable bonds is 5. The van der Waals surface area contributed by atoms with Crippen molar-refractivity contribution in [2.75, 3.05) is 19.6 Å². The molecule has 1 atom stereocenters. The first kappa shape index (κ1) is 17.6. The van der Waals surface area contributed by atoms with Gasteiger partial charge in [0.15, 0.2) is 0 Å². The fraction of sp³-hybridized carbons (Fsp3) is 0.364. The van der Waals surface area contributed by atoms with Gasteiger partial charge in [0.2, 0.25) is 5.91 Å². The largest absolute Gasteiger partial charge is 0.354 e. The Kier molecular flexibility index (Phi) is 5.10. The molecule has 1 heterocycles. The van der Waals surface area contributed by atoms with Gasteiger partial charge in [0.1, 0.15) is 0 Å². The SMILES string of the molecule is O=C(NCCNC(=O)N1Cc2ccccc2[C@H](c2ccccc2)C1)C1CC1. The second kappa shape index (κ2) is 7.82. The highest BCUT2D eigenvalue weighted by molar-refractivity contribution is 5.81. The van der Waals surface area contributed by atoms with Gasteiger partial charge in [-0.1, -0.05) is 54.6 Å². The Balaban J connectivity index is 1.39. The first-order valence-electron chi connectivity index (χ1n) is 9.65. The van der Waals surface area contributed by atoms with Crippen LogP contribution in [0, 0.1) is 5.92 Å². The standard InChI is InChI=1S/C22H25N3O2/c26-21(17-10-11-17)23-12-13-24-22(27)25-14-18-8-4-5-9-19(18)20(15-25)16-6-2-1-3-7-16/h1-9,17,20H,10-15H2,(H,23,26)(H,24,27)/t20-/m0/s1. The summed E-state index contributed by atoms with van der Waals surface area (Å²) in [7, 11) is 0. The van der Waals surface area contributed by atoms with E-state index in [9.17, 15) is 9.59 Å². The van der Waals surface area contributed by atoms with Crippen LogP contribution in [0.25, 0.3) is 0 Å². The van der Waals surface area contributed by atoms with Crippen molar-refractivity contribution in [2.45, 2.75) is 25.3 Å². The lowest BCUT2D eigenvalue weighted by Crippen LogP contribution is -2.46.